The third-order valence-electron chi connectivity index (χ3n) is 1.83. The monoisotopic (exact) mass is 256 g/mol. The van der Waals surface area contributed by atoms with Crippen LogP contribution in [0.4, 0.5) is 5.82 Å². The average Bonchev–Trinajstić information content (AvgIpc) is 2.12. The summed E-state index contributed by atoms with van der Waals surface area (Å²) < 4.78 is 0.902. The molecule has 0 amide bonds. The zero-order valence-electron chi connectivity index (χ0n) is 6.59. The lowest BCUT2D eigenvalue weighted by atomic mass is 10.2. The SMILES string of the molecule is Nc1ncc(Br)c2cc(Cl)ccc12. The van der Waals surface area contributed by atoms with Crippen molar-refractivity contribution in [2.75, 3.05) is 5.73 Å². The molecule has 0 spiro atoms. The Morgan fingerprint density at radius 1 is 1.31 bits per heavy atom. The summed E-state index contributed by atoms with van der Waals surface area (Å²) >= 11 is 9.25. The van der Waals surface area contributed by atoms with E-state index < -0.39 is 0 Å². The molecule has 0 aliphatic carbocycles. The minimum absolute atomic E-state index is 0.523. The Bertz CT molecular complexity index is 470. The fourth-order valence-electron chi connectivity index (χ4n) is 1.20. The molecule has 0 saturated carbocycles. The van der Waals surface area contributed by atoms with Crippen LogP contribution in [0.2, 0.25) is 5.02 Å². The lowest BCUT2D eigenvalue weighted by Crippen LogP contribution is -1.91. The van der Waals surface area contributed by atoms with Crippen molar-refractivity contribution in [1.29, 1.82) is 0 Å². The Kier molecular flexibility index (Phi) is 2.14. The Balaban J connectivity index is 2.92. The number of nitrogens with two attached hydrogens (primary N) is 1. The highest BCUT2D eigenvalue weighted by Crippen LogP contribution is 2.28. The molecule has 0 unspecified atom stereocenters. The topological polar surface area (TPSA) is 38.9 Å². The number of benzene rings is 1. The maximum Gasteiger partial charge on any atom is 0.131 e. The number of anilines is 1. The molecular formula is C9H6BrClN2. The summed E-state index contributed by atoms with van der Waals surface area (Å²) in [6.45, 7) is 0. The van der Waals surface area contributed by atoms with Gasteiger partial charge in [-0.3, -0.25) is 0 Å². The number of nitrogens with zero attached hydrogens (tertiary/aromatic N) is 1. The molecule has 0 atom stereocenters. The summed E-state index contributed by atoms with van der Waals surface area (Å²) in [5.74, 6) is 0.523. The zero-order chi connectivity index (χ0) is 9.42. The van der Waals surface area contributed by atoms with Gasteiger partial charge < -0.3 is 5.73 Å². The van der Waals surface area contributed by atoms with E-state index in [1.54, 1.807) is 12.3 Å². The molecule has 66 valence electrons. The largest absolute Gasteiger partial charge is 0.383 e. The fraction of sp³-hybridized carbons (Fsp3) is 0. The van der Waals surface area contributed by atoms with Gasteiger partial charge in [0, 0.05) is 26.5 Å². The normalized spacial score (nSPS) is 10.6. The Labute approximate surface area is 88.8 Å². The second-order valence-electron chi connectivity index (χ2n) is 2.68. The van der Waals surface area contributed by atoms with E-state index in [2.05, 4.69) is 20.9 Å². The Morgan fingerprint density at radius 3 is 2.85 bits per heavy atom. The predicted molar refractivity (Wildman–Crippen MR) is 58.9 cm³/mol. The minimum Gasteiger partial charge on any atom is -0.383 e. The van der Waals surface area contributed by atoms with Gasteiger partial charge in [-0.1, -0.05) is 11.6 Å². The second-order valence-corrected chi connectivity index (χ2v) is 3.97. The number of nitrogen functional groups attached to an aromatic ring is 1. The predicted octanol–water partition coefficient (Wildman–Crippen LogP) is 3.23. The van der Waals surface area contributed by atoms with Crippen LogP contribution in [-0.4, -0.2) is 4.98 Å². The van der Waals surface area contributed by atoms with Crippen molar-refractivity contribution in [2.45, 2.75) is 0 Å². The van der Waals surface area contributed by atoms with E-state index in [1.165, 1.54) is 0 Å². The molecule has 2 nitrogen and oxygen atoms in total. The van der Waals surface area contributed by atoms with Crippen molar-refractivity contribution in [3.63, 3.8) is 0 Å². The van der Waals surface area contributed by atoms with Crippen LogP contribution in [0, 0.1) is 0 Å². The third kappa shape index (κ3) is 1.49. The van der Waals surface area contributed by atoms with Crippen molar-refractivity contribution >= 4 is 44.1 Å². The summed E-state index contributed by atoms with van der Waals surface area (Å²) in [4.78, 5) is 4.02. The molecule has 2 N–H and O–H groups in total. The van der Waals surface area contributed by atoms with Crippen molar-refractivity contribution in [3.8, 4) is 0 Å². The summed E-state index contributed by atoms with van der Waals surface area (Å²) in [5.41, 5.74) is 5.70. The summed E-state index contributed by atoms with van der Waals surface area (Å²) in [7, 11) is 0. The van der Waals surface area contributed by atoms with E-state index in [0.29, 0.717) is 10.8 Å². The van der Waals surface area contributed by atoms with Crippen LogP contribution in [0.1, 0.15) is 0 Å². The molecule has 1 aromatic heterocycles. The van der Waals surface area contributed by atoms with E-state index in [9.17, 15) is 0 Å². The van der Waals surface area contributed by atoms with E-state index in [1.807, 2.05) is 12.1 Å². The first-order valence-corrected chi connectivity index (χ1v) is 4.85. The highest BCUT2D eigenvalue weighted by atomic mass is 79.9. The quantitative estimate of drug-likeness (QED) is 0.787. The number of hydrogen-bond acceptors (Lipinski definition) is 2. The Morgan fingerprint density at radius 2 is 2.08 bits per heavy atom. The van der Waals surface area contributed by atoms with Crippen molar-refractivity contribution in [2.24, 2.45) is 0 Å². The van der Waals surface area contributed by atoms with Gasteiger partial charge in [0.15, 0.2) is 0 Å². The molecule has 0 fully saturated rings. The first kappa shape index (κ1) is 8.78. The molecule has 0 saturated heterocycles. The molecule has 0 bridgehead atoms. The molecule has 2 aromatic rings. The summed E-state index contributed by atoms with van der Waals surface area (Å²) in [5, 5.41) is 2.59. The molecule has 1 aromatic carbocycles. The smallest absolute Gasteiger partial charge is 0.131 e. The zero-order valence-corrected chi connectivity index (χ0v) is 8.93. The number of pyridine rings is 1. The van der Waals surface area contributed by atoms with E-state index in [4.69, 9.17) is 17.3 Å². The number of rotatable bonds is 0. The number of aromatic nitrogens is 1. The standard InChI is InChI=1S/C9H6BrClN2/c10-8-4-13-9(12)6-2-1-5(11)3-7(6)8/h1-4H,(H2,12,13). The van der Waals surface area contributed by atoms with Gasteiger partial charge in [0.2, 0.25) is 0 Å². The Hall–Kier alpha value is -0.800. The van der Waals surface area contributed by atoms with Crippen LogP contribution in [-0.2, 0) is 0 Å². The van der Waals surface area contributed by atoms with Crippen LogP contribution in [0.15, 0.2) is 28.9 Å². The maximum absolute atomic E-state index is 5.86. The van der Waals surface area contributed by atoms with Crippen LogP contribution in [0.3, 0.4) is 0 Å². The van der Waals surface area contributed by atoms with Gasteiger partial charge in [0.25, 0.3) is 0 Å². The summed E-state index contributed by atoms with van der Waals surface area (Å²) in [6.07, 6.45) is 1.67. The van der Waals surface area contributed by atoms with Crippen LogP contribution < -0.4 is 5.73 Å². The fourth-order valence-corrected chi connectivity index (χ4v) is 1.81. The van der Waals surface area contributed by atoms with Crippen LogP contribution >= 0.6 is 27.5 Å². The van der Waals surface area contributed by atoms with Gasteiger partial charge in [-0.05, 0) is 34.1 Å². The summed E-state index contributed by atoms with van der Waals surface area (Å²) in [6, 6.07) is 5.53. The number of halogens is 2. The number of fused-ring (bicyclic) bond motifs is 1. The number of hydrogen-bond donors (Lipinski definition) is 1. The van der Waals surface area contributed by atoms with Gasteiger partial charge in [-0.15, -0.1) is 0 Å². The van der Waals surface area contributed by atoms with E-state index in [-0.39, 0.29) is 0 Å². The first-order valence-electron chi connectivity index (χ1n) is 3.68. The maximum atomic E-state index is 5.86. The van der Waals surface area contributed by atoms with Crippen LogP contribution in [0.25, 0.3) is 10.8 Å². The molecule has 1 heterocycles. The lowest BCUT2D eigenvalue weighted by Gasteiger charge is -2.03. The van der Waals surface area contributed by atoms with Gasteiger partial charge in [0.05, 0.1) is 0 Å². The highest BCUT2D eigenvalue weighted by Gasteiger charge is 2.03. The molecule has 4 heteroatoms. The average molecular weight is 258 g/mol. The third-order valence-corrected chi connectivity index (χ3v) is 2.70. The lowest BCUT2D eigenvalue weighted by molar-refractivity contribution is 1.35. The molecular weight excluding hydrogens is 251 g/mol. The van der Waals surface area contributed by atoms with Crippen molar-refractivity contribution < 1.29 is 0 Å². The molecule has 0 aliphatic rings. The van der Waals surface area contributed by atoms with E-state index in [0.717, 1.165) is 15.2 Å². The molecule has 0 radical (unpaired) electrons. The highest BCUT2D eigenvalue weighted by molar-refractivity contribution is 9.10. The van der Waals surface area contributed by atoms with Crippen LogP contribution in [0.5, 0.6) is 0 Å². The van der Waals surface area contributed by atoms with Crippen molar-refractivity contribution in [1.82, 2.24) is 4.98 Å². The molecule has 0 aliphatic heterocycles. The van der Waals surface area contributed by atoms with Gasteiger partial charge >= 0.3 is 0 Å². The second kappa shape index (κ2) is 3.16. The van der Waals surface area contributed by atoms with Crippen molar-refractivity contribution in [3.05, 3.63) is 33.9 Å². The van der Waals surface area contributed by atoms with Gasteiger partial charge in [-0.2, -0.15) is 0 Å². The first-order chi connectivity index (χ1) is 6.18. The van der Waals surface area contributed by atoms with E-state index >= 15 is 0 Å². The minimum atomic E-state index is 0.523. The van der Waals surface area contributed by atoms with Gasteiger partial charge in [-0.25, -0.2) is 4.98 Å². The molecule has 13 heavy (non-hydrogen) atoms. The molecule has 2 rings (SSSR count). The van der Waals surface area contributed by atoms with Gasteiger partial charge in [0.1, 0.15) is 5.82 Å².